The van der Waals surface area contributed by atoms with Gasteiger partial charge in [0.25, 0.3) is 5.69 Å². The lowest BCUT2D eigenvalue weighted by Crippen LogP contribution is -2.04. The van der Waals surface area contributed by atoms with Crippen molar-refractivity contribution >= 4 is 34.9 Å². The second-order valence-electron chi connectivity index (χ2n) is 2.66. The third kappa shape index (κ3) is 2.02. The Morgan fingerprint density at radius 1 is 1.56 bits per heavy atom. The molecule has 1 aromatic rings. The number of carboxylic acids is 1. The smallest absolute Gasteiger partial charge is 0.341 e. The number of ether oxygens (including phenoxy) is 1. The molecule has 6 nitrogen and oxygen atoms in total. The van der Waals surface area contributed by atoms with Crippen LogP contribution in [0.4, 0.5) is 5.69 Å². The Balaban J connectivity index is 3.65. The standard InChI is InChI=1S/C8H5Cl2NO5/c1-16-7-3(9)2-4(11(14)15)6(10)5(7)8(12)13/h2H,1H3,(H,12,13). The Labute approximate surface area is 99.5 Å². The molecule has 0 aliphatic rings. The van der Waals surface area contributed by atoms with E-state index in [4.69, 9.17) is 33.0 Å². The van der Waals surface area contributed by atoms with Crippen LogP contribution in [0.25, 0.3) is 0 Å². The van der Waals surface area contributed by atoms with Crippen molar-refractivity contribution in [1.82, 2.24) is 0 Å². The van der Waals surface area contributed by atoms with E-state index in [1.54, 1.807) is 0 Å². The third-order valence-corrected chi connectivity index (χ3v) is 2.43. The van der Waals surface area contributed by atoms with Crippen LogP contribution in [0, 0.1) is 10.1 Å². The minimum atomic E-state index is -1.45. The summed E-state index contributed by atoms with van der Waals surface area (Å²) in [6, 6.07) is 0.940. The van der Waals surface area contributed by atoms with Crippen molar-refractivity contribution in [3.05, 3.63) is 31.8 Å². The van der Waals surface area contributed by atoms with Gasteiger partial charge in [-0.3, -0.25) is 10.1 Å². The number of methoxy groups -OCH3 is 1. The normalized spacial score (nSPS) is 9.94. The van der Waals surface area contributed by atoms with Crippen LogP contribution in [0.2, 0.25) is 10.0 Å². The maximum atomic E-state index is 10.9. The van der Waals surface area contributed by atoms with Gasteiger partial charge in [-0.25, -0.2) is 4.79 Å². The molecule has 0 saturated carbocycles. The van der Waals surface area contributed by atoms with Crippen molar-refractivity contribution in [2.45, 2.75) is 0 Å². The minimum absolute atomic E-state index is 0.184. The predicted octanol–water partition coefficient (Wildman–Crippen LogP) is 2.61. The second kappa shape index (κ2) is 4.54. The first-order valence-electron chi connectivity index (χ1n) is 3.83. The van der Waals surface area contributed by atoms with Crippen LogP contribution >= 0.6 is 23.2 Å². The third-order valence-electron chi connectivity index (χ3n) is 1.77. The molecule has 0 aliphatic heterocycles. The number of hydrogen-bond donors (Lipinski definition) is 1. The lowest BCUT2D eigenvalue weighted by Gasteiger charge is -2.08. The summed E-state index contributed by atoms with van der Waals surface area (Å²) in [4.78, 5) is 20.6. The molecule has 0 atom stereocenters. The van der Waals surface area contributed by atoms with Gasteiger partial charge in [-0.1, -0.05) is 23.2 Å². The van der Waals surface area contributed by atoms with Crippen molar-refractivity contribution in [2.75, 3.05) is 7.11 Å². The highest BCUT2D eigenvalue weighted by atomic mass is 35.5. The molecule has 0 saturated heterocycles. The van der Waals surface area contributed by atoms with Crippen LogP contribution in [0.5, 0.6) is 5.75 Å². The molecule has 0 spiro atoms. The van der Waals surface area contributed by atoms with Crippen molar-refractivity contribution in [3.63, 3.8) is 0 Å². The van der Waals surface area contributed by atoms with E-state index in [0.29, 0.717) is 0 Å². The SMILES string of the molecule is COc1c(Cl)cc([N+](=O)[O-])c(Cl)c1C(=O)O. The van der Waals surface area contributed by atoms with Crippen LogP contribution in [-0.4, -0.2) is 23.1 Å². The maximum Gasteiger partial charge on any atom is 0.341 e. The number of halogens is 2. The van der Waals surface area contributed by atoms with Crippen molar-refractivity contribution in [2.24, 2.45) is 0 Å². The van der Waals surface area contributed by atoms with Gasteiger partial charge in [0.05, 0.1) is 17.1 Å². The van der Waals surface area contributed by atoms with E-state index in [1.165, 1.54) is 7.11 Å². The molecule has 0 aliphatic carbocycles. The van der Waals surface area contributed by atoms with Crippen LogP contribution in [-0.2, 0) is 0 Å². The van der Waals surface area contributed by atoms with Gasteiger partial charge in [0.1, 0.15) is 10.6 Å². The Kier molecular flexibility index (Phi) is 3.56. The van der Waals surface area contributed by atoms with Crippen LogP contribution in [0.3, 0.4) is 0 Å². The molecular weight excluding hydrogens is 261 g/mol. The average molecular weight is 266 g/mol. The first-order chi connectivity index (χ1) is 7.40. The highest BCUT2D eigenvalue weighted by molar-refractivity contribution is 6.38. The molecule has 0 bridgehead atoms. The molecule has 0 aromatic heterocycles. The van der Waals surface area contributed by atoms with E-state index in [9.17, 15) is 14.9 Å². The zero-order valence-electron chi connectivity index (χ0n) is 7.86. The van der Waals surface area contributed by atoms with Gasteiger partial charge in [-0.2, -0.15) is 0 Å². The summed E-state index contributed by atoms with van der Waals surface area (Å²) in [7, 11) is 1.19. The summed E-state index contributed by atoms with van der Waals surface area (Å²) in [5.41, 5.74) is -1.10. The summed E-state index contributed by atoms with van der Waals surface area (Å²) >= 11 is 11.2. The predicted molar refractivity (Wildman–Crippen MR) is 56.6 cm³/mol. The molecular formula is C8H5Cl2NO5. The Hall–Kier alpha value is -1.53. The number of nitro groups is 1. The maximum absolute atomic E-state index is 10.9. The van der Waals surface area contributed by atoms with Gasteiger partial charge in [0.2, 0.25) is 0 Å². The number of nitro benzene ring substituents is 1. The zero-order valence-corrected chi connectivity index (χ0v) is 9.37. The Morgan fingerprint density at radius 2 is 2.12 bits per heavy atom. The molecule has 1 rings (SSSR count). The molecule has 86 valence electrons. The quantitative estimate of drug-likeness (QED) is 0.670. The van der Waals surface area contributed by atoms with Gasteiger partial charge in [-0.05, 0) is 0 Å². The molecule has 16 heavy (non-hydrogen) atoms. The van der Waals surface area contributed by atoms with E-state index < -0.39 is 27.2 Å². The lowest BCUT2D eigenvalue weighted by atomic mass is 10.1. The first kappa shape index (κ1) is 12.5. The fourth-order valence-corrected chi connectivity index (χ4v) is 1.68. The molecule has 1 N–H and O–H groups in total. The number of nitrogens with zero attached hydrogens (tertiary/aromatic N) is 1. The highest BCUT2D eigenvalue weighted by Gasteiger charge is 2.27. The number of aromatic carboxylic acids is 1. The van der Waals surface area contributed by atoms with E-state index in [2.05, 4.69) is 0 Å². The Morgan fingerprint density at radius 3 is 2.50 bits per heavy atom. The molecule has 0 fully saturated rings. The van der Waals surface area contributed by atoms with Gasteiger partial charge in [-0.15, -0.1) is 0 Å². The first-order valence-corrected chi connectivity index (χ1v) is 4.59. The number of carboxylic acid groups (broad SMARTS) is 1. The fourth-order valence-electron chi connectivity index (χ4n) is 1.12. The monoisotopic (exact) mass is 265 g/mol. The van der Waals surface area contributed by atoms with Gasteiger partial charge in [0.15, 0.2) is 5.75 Å². The molecule has 0 radical (unpaired) electrons. The molecule has 0 amide bonds. The average Bonchev–Trinajstić information content (AvgIpc) is 2.19. The van der Waals surface area contributed by atoms with Gasteiger partial charge >= 0.3 is 5.97 Å². The van der Waals surface area contributed by atoms with E-state index >= 15 is 0 Å². The fraction of sp³-hybridized carbons (Fsp3) is 0.125. The topological polar surface area (TPSA) is 89.7 Å². The molecule has 0 unspecified atom stereocenters. The summed E-state index contributed by atoms with van der Waals surface area (Å²) in [6.45, 7) is 0. The summed E-state index contributed by atoms with van der Waals surface area (Å²) in [5, 5.41) is 18.7. The van der Waals surface area contributed by atoms with Crippen molar-refractivity contribution in [3.8, 4) is 5.75 Å². The van der Waals surface area contributed by atoms with E-state index in [-0.39, 0.29) is 10.8 Å². The second-order valence-corrected chi connectivity index (χ2v) is 3.45. The summed E-state index contributed by atoms with van der Waals surface area (Å²) in [5.74, 6) is -1.66. The number of carbonyl (C=O) groups is 1. The largest absolute Gasteiger partial charge is 0.494 e. The van der Waals surface area contributed by atoms with Crippen molar-refractivity contribution < 1.29 is 19.6 Å². The summed E-state index contributed by atoms with van der Waals surface area (Å²) < 4.78 is 4.73. The Bertz CT molecular complexity index is 474. The van der Waals surface area contributed by atoms with Gasteiger partial charge in [0, 0.05) is 6.07 Å². The van der Waals surface area contributed by atoms with Crippen LogP contribution in [0.1, 0.15) is 10.4 Å². The molecule has 0 heterocycles. The summed E-state index contributed by atoms with van der Waals surface area (Å²) in [6.07, 6.45) is 0. The van der Waals surface area contributed by atoms with Crippen LogP contribution in [0.15, 0.2) is 6.07 Å². The van der Waals surface area contributed by atoms with E-state index in [0.717, 1.165) is 6.07 Å². The number of hydrogen-bond acceptors (Lipinski definition) is 4. The highest BCUT2D eigenvalue weighted by Crippen LogP contribution is 2.40. The molecule has 1 aromatic carbocycles. The van der Waals surface area contributed by atoms with Crippen molar-refractivity contribution in [1.29, 1.82) is 0 Å². The molecule has 8 heteroatoms. The van der Waals surface area contributed by atoms with Crippen LogP contribution < -0.4 is 4.74 Å². The number of benzene rings is 1. The number of rotatable bonds is 3. The van der Waals surface area contributed by atoms with Gasteiger partial charge < -0.3 is 9.84 Å². The van der Waals surface area contributed by atoms with E-state index in [1.807, 2.05) is 0 Å². The minimum Gasteiger partial charge on any atom is -0.494 e. The zero-order chi connectivity index (χ0) is 12.5. The lowest BCUT2D eigenvalue weighted by molar-refractivity contribution is -0.384.